The molecule has 1 unspecified atom stereocenters. The molecule has 0 spiro atoms. The zero-order chi connectivity index (χ0) is 10.8. The Kier molecular flexibility index (Phi) is 2.78. The summed E-state index contributed by atoms with van der Waals surface area (Å²) in [5.74, 6) is 0. The molecular weight excluding hydrogens is 186 g/mol. The van der Waals surface area contributed by atoms with Crippen LogP contribution in [0.5, 0.6) is 0 Å². The maximum atomic E-state index is 9.69. The number of fused-ring (bicyclic) bond motifs is 1. The summed E-state index contributed by atoms with van der Waals surface area (Å²) < 4.78 is 2.18. The third kappa shape index (κ3) is 1.90. The fraction of sp³-hybridized carbons (Fsp3) is 0.385. The average molecular weight is 203 g/mol. The molecule has 2 aromatic rings. The largest absolute Gasteiger partial charge is 0.391 e. The van der Waals surface area contributed by atoms with E-state index in [9.17, 15) is 5.11 Å². The first kappa shape index (κ1) is 10.2. The Hall–Kier alpha value is -1.28. The van der Waals surface area contributed by atoms with Gasteiger partial charge in [-0.2, -0.15) is 0 Å². The number of hydrogen-bond donors (Lipinski definition) is 1. The van der Waals surface area contributed by atoms with E-state index in [2.05, 4.69) is 29.7 Å². The Balaban J connectivity index is 2.45. The van der Waals surface area contributed by atoms with Crippen molar-refractivity contribution in [2.24, 2.45) is 0 Å². The first-order valence-corrected chi connectivity index (χ1v) is 5.45. The average Bonchev–Trinajstić information content (AvgIpc) is 2.55. The van der Waals surface area contributed by atoms with Crippen LogP contribution >= 0.6 is 0 Å². The van der Waals surface area contributed by atoms with Gasteiger partial charge in [-0.3, -0.25) is 0 Å². The van der Waals surface area contributed by atoms with Gasteiger partial charge in [-0.05, 0) is 30.9 Å². The normalized spacial score (nSPS) is 13.3. The van der Waals surface area contributed by atoms with Gasteiger partial charge in [0.05, 0.1) is 6.10 Å². The quantitative estimate of drug-likeness (QED) is 0.815. The van der Waals surface area contributed by atoms with Crippen molar-refractivity contribution in [1.82, 2.24) is 4.57 Å². The Labute approximate surface area is 90.2 Å². The summed E-state index contributed by atoms with van der Waals surface area (Å²) >= 11 is 0. The van der Waals surface area contributed by atoms with Gasteiger partial charge in [-0.1, -0.05) is 25.1 Å². The predicted octanol–water partition coefficient (Wildman–Crippen LogP) is 2.72. The molecule has 0 bridgehead atoms. The smallest absolute Gasteiger partial charge is 0.0716 e. The van der Waals surface area contributed by atoms with Crippen molar-refractivity contribution in [3.8, 4) is 0 Å². The minimum atomic E-state index is -0.250. The molecule has 2 heteroatoms. The highest BCUT2D eigenvalue weighted by Crippen LogP contribution is 2.19. The number of rotatable bonds is 3. The summed E-state index contributed by atoms with van der Waals surface area (Å²) in [7, 11) is 0. The van der Waals surface area contributed by atoms with Gasteiger partial charge >= 0.3 is 0 Å². The minimum absolute atomic E-state index is 0.250. The van der Waals surface area contributed by atoms with Crippen molar-refractivity contribution >= 4 is 10.9 Å². The lowest BCUT2D eigenvalue weighted by molar-refractivity contribution is 0.151. The van der Waals surface area contributed by atoms with Crippen molar-refractivity contribution in [2.75, 3.05) is 0 Å². The highest BCUT2D eigenvalue weighted by molar-refractivity contribution is 5.81. The fourth-order valence-electron chi connectivity index (χ4n) is 1.93. The van der Waals surface area contributed by atoms with E-state index in [1.165, 1.54) is 16.6 Å². The van der Waals surface area contributed by atoms with Gasteiger partial charge in [0.2, 0.25) is 0 Å². The molecule has 2 nitrogen and oxygen atoms in total. The molecular formula is C13H17NO. The third-order valence-corrected chi connectivity index (χ3v) is 2.88. The number of aliphatic hydroxyl groups excluding tert-OH is 1. The molecule has 0 saturated heterocycles. The second-order valence-electron chi connectivity index (χ2n) is 4.02. The van der Waals surface area contributed by atoms with Crippen LogP contribution in [-0.4, -0.2) is 15.8 Å². The molecule has 0 fully saturated rings. The predicted molar refractivity (Wildman–Crippen MR) is 63.0 cm³/mol. The Morgan fingerprint density at radius 1 is 1.33 bits per heavy atom. The molecule has 0 aliphatic heterocycles. The molecule has 1 atom stereocenters. The zero-order valence-corrected chi connectivity index (χ0v) is 9.27. The number of benzene rings is 1. The number of hydrogen-bond acceptors (Lipinski definition) is 1. The number of nitrogens with zero attached hydrogens (tertiary/aromatic N) is 1. The summed E-state index contributed by atoms with van der Waals surface area (Å²) in [6, 6.07) is 10.5. The highest BCUT2D eigenvalue weighted by atomic mass is 16.3. The minimum Gasteiger partial charge on any atom is -0.391 e. The standard InChI is InChI=1S/C13H17NO/c1-3-12(15)9-14-10(2)8-11-6-4-5-7-13(11)14/h4-8,12,15H,3,9H2,1-2H3. The summed E-state index contributed by atoms with van der Waals surface area (Å²) in [5.41, 5.74) is 2.42. The van der Waals surface area contributed by atoms with Crippen LogP contribution in [0.3, 0.4) is 0 Å². The van der Waals surface area contributed by atoms with Crippen LogP contribution in [0, 0.1) is 6.92 Å². The number of aromatic nitrogens is 1. The molecule has 15 heavy (non-hydrogen) atoms. The number of aryl methyl sites for hydroxylation is 1. The molecule has 2 rings (SSSR count). The molecule has 1 heterocycles. The van der Waals surface area contributed by atoms with E-state index in [1.54, 1.807) is 0 Å². The van der Waals surface area contributed by atoms with Crippen molar-refractivity contribution in [3.05, 3.63) is 36.0 Å². The van der Waals surface area contributed by atoms with Gasteiger partial charge in [0.15, 0.2) is 0 Å². The number of para-hydroxylation sites is 1. The zero-order valence-electron chi connectivity index (χ0n) is 9.27. The van der Waals surface area contributed by atoms with Gasteiger partial charge in [0.25, 0.3) is 0 Å². The first-order chi connectivity index (χ1) is 7.22. The second-order valence-corrected chi connectivity index (χ2v) is 4.02. The third-order valence-electron chi connectivity index (χ3n) is 2.88. The molecule has 80 valence electrons. The summed E-state index contributed by atoms with van der Waals surface area (Å²) in [6.07, 6.45) is 0.547. The molecule has 1 aromatic heterocycles. The molecule has 1 aromatic carbocycles. The van der Waals surface area contributed by atoms with Crippen LogP contribution in [0.2, 0.25) is 0 Å². The lowest BCUT2D eigenvalue weighted by Crippen LogP contribution is -2.15. The monoisotopic (exact) mass is 203 g/mol. The fourth-order valence-corrected chi connectivity index (χ4v) is 1.93. The van der Waals surface area contributed by atoms with Gasteiger partial charge in [-0.15, -0.1) is 0 Å². The van der Waals surface area contributed by atoms with E-state index in [0.717, 1.165) is 6.42 Å². The summed E-state index contributed by atoms with van der Waals surface area (Å²) in [6.45, 7) is 4.78. The second kappa shape index (κ2) is 4.07. The number of aliphatic hydroxyl groups is 1. The van der Waals surface area contributed by atoms with Crippen LogP contribution in [0.25, 0.3) is 10.9 Å². The van der Waals surface area contributed by atoms with Crippen LogP contribution in [0.1, 0.15) is 19.0 Å². The van der Waals surface area contributed by atoms with E-state index in [0.29, 0.717) is 6.54 Å². The van der Waals surface area contributed by atoms with E-state index in [4.69, 9.17) is 0 Å². The van der Waals surface area contributed by atoms with E-state index in [-0.39, 0.29) is 6.10 Å². The molecule has 0 aliphatic carbocycles. The topological polar surface area (TPSA) is 25.2 Å². The lowest BCUT2D eigenvalue weighted by Gasteiger charge is -2.12. The molecule has 1 N–H and O–H groups in total. The van der Waals surface area contributed by atoms with Crippen LogP contribution in [0.15, 0.2) is 30.3 Å². The lowest BCUT2D eigenvalue weighted by atomic mass is 10.2. The maximum Gasteiger partial charge on any atom is 0.0716 e. The Morgan fingerprint density at radius 3 is 2.80 bits per heavy atom. The maximum absolute atomic E-state index is 9.69. The summed E-state index contributed by atoms with van der Waals surface area (Å²) in [5, 5.41) is 10.9. The van der Waals surface area contributed by atoms with Gasteiger partial charge < -0.3 is 9.67 Å². The van der Waals surface area contributed by atoms with E-state index in [1.807, 2.05) is 19.1 Å². The van der Waals surface area contributed by atoms with Crippen LogP contribution in [0.4, 0.5) is 0 Å². The van der Waals surface area contributed by atoms with Gasteiger partial charge in [0, 0.05) is 17.8 Å². The van der Waals surface area contributed by atoms with E-state index < -0.39 is 0 Å². The van der Waals surface area contributed by atoms with Crippen molar-refractivity contribution in [1.29, 1.82) is 0 Å². The molecule has 0 saturated carbocycles. The van der Waals surface area contributed by atoms with Crippen LogP contribution < -0.4 is 0 Å². The first-order valence-electron chi connectivity index (χ1n) is 5.45. The summed E-state index contributed by atoms with van der Waals surface area (Å²) in [4.78, 5) is 0. The van der Waals surface area contributed by atoms with Gasteiger partial charge in [-0.25, -0.2) is 0 Å². The highest BCUT2D eigenvalue weighted by Gasteiger charge is 2.08. The molecule has 0 amide bonds. The SMILES string of the molecule is CCC(O)Cn1c(C)cc2ccccc21. The van der Waals surface area contributed by atoms with Crippen LogP contribution in [-0.2, 0) is 6.54 Å². The molecule has 0 aliphatic rings. The van der Waals surface area contributed by atoms with Gasteiger partial charge in [0.1, 0.15) is 0 Å². The molecule has 0 radical (unpaired) electrons. The Morgan fingerprint density at radius 2 is 2.07 bits per heavy atom. The Bertz CT molecular complexity index is 459. The van der Waals surface area contributed by atoms with Crippen molar-refractivity contribution in [3.63, 3.8) is 0 Å². The van der Waals surface area contributed by atoms with Crippen molar-refractivity contribution < 1.29 is 5.11 Å². The van der Waals surface area contributed by atoms with E-state index >= 15 is 0 Å². The van der Waals surface area contributed by atoms with Crippen molar-refractivity contribution in [2.45, 2.75) is 32.9 Å².